The molecule has 0 bridgehead atoms. The number of benzene rings is 2. The summed E-state index contributed by atoms with van der Waals surface area (Å²) < 4.78 is 25.0. The summed E-state index contributed by atoms with van der Waals surface area (Å²) in [7, 11) is -2.20. The quantitative estimate of drug-likeness (QED) is 0.480. The van der Waals surface area contributed by atoms with Gasteiger partial charge >= 0.3 is 0 Å². The Morgan fingerprint density at radius 3 is 2.26 bits per heavy atom. The van der Waals surface area contributed by atoms with Crippen LogP contribution in [-0.2, 0) is 26.2 Å². The first-order chi connectivity index (χ1) is 16.8. The van der Waals surface area contributed by atoms with E-state index in [9.17, 15) is 18.0 Å². The molecule has 0 saturated carbocycles. The van der Waals surface area contributed by atoms with Crippen LogP contribution in [0.4, 0.5) is 0 Å². The van der Waals surface area contributed by atoms with E-state index in [1.54, 1.807) is 0 Å². The molecule has 35 heavy (non-hydrogen) atoms. The number of hydrogen-bond donors (Lipinski definition) is 1. The zero-order valence-electron chi connectivity index (χ0n) is 20.5. The second-order valence-electron chi connectivity index (χ2n) is 8.99. The maximum atomic E-state index is 13.5. The summed E-state index contributed by atoms with van der Waals surface area (Å²) in [6.07, 6.45) is 8.65. The van der Waals surface area contributed by atoms with Crippen LogP contribution in [0.25, 0.3) is 0 Å². The van der Waals surface area contributed by atoms with Crippen LogP contribution < -0.4 is 5.32 Å². The fourth-order valence-electron chi connectivity index (χ4n) is 4.18. The molecule has 0 fully saturated rings. The van der Waals surface area contributed by atoms with Gasteiger partial charge in [0.15, 0.2) is 0 Å². The monoisotopic (exact) mass is 497 g/mol. The van der Waals surface area contributed by atoms with Crippen molar-refractivity contribution in [1.82, 2.24) is 14.5 Å². The number of rotatable bonds is 11. The van der Waals surface area contributed by atoms with E-state index in [1.165, 1.54) is 30.4 Å². The molecule has 0 spiro atoms. The van der Waals surface area contributed by atoms with Crippen molar-refractivity contribution in [2.45, 2.75) is 44.7 Å². The van der Waals surface area contributed by atoms with Crippen molar-refractivity contribution in [1.29, 1.82) is 0 Å². The normalized spacial score (nSPS) is 14.8. The molecule has 1 atom stereocenters. The van der Waals surface area contributed by atoms with Crippen LogP contribution in [-0.4, -0.2) is 55.8 Å². The van der Waals surface area contributed by atoms with Crippen LogP contribution >= 0.6 is 0 Å². The van der Waals surface area contributed by atoms with Crippen molar-refractivity contribution < 1.29 is 18.0 Å². The number of allylic oxidation sites excluding steroid dienone is 1. The zero-order valence-corrected chi connectivity index (χ0v) is 21.3. The molecule has 7 nitrogen and oxygen atoms in total. The Morgan fingerprint density at radius 1 is 1.00 bits per heavy atom. The molecule has 2 aromatic carbocycles. The standard InChI is InChI=1S/C27H35N3O4S/c1-29(35(2,33)34)21-25(31)30(20-23-14-8-4-9-15-23)26(24-16-10-5-11-17-24)27(32)28-19-18-22-12-6-3-7-13-22/h4-5,8-12,14-17,26H,3,6-7,13,18-21H2,1-2H3,(H,28,32). The van der Waals surface area contributed by atoms with Crippen LogP contribution in [0.5, 0.6) is 0 Å². The summed E-state index contributed by atoms with van der Waals surface area (Å²) in [4.78, 5) is 28.5. The lowest BCUT2D eigenvalue weighted by atomic mass is 9.97. The number of likely N-dealkylation sites (N-methyl/N-ethyl adjacent to an activating group) is 1. The summed E-state index contributed by atoms with van der Waals surface area (Å²) in [6, 6.07) is 17.7. The zero-order chi connectivity index (χ0) is 25.3. The third kappa shape index (κ3) is 8.04. The fourth-order valence-corrected chi connectivity index (χ4v) is 4.53. The van der Waals surface area contributed by atoms with Gasteiger partial charge in [-0.25, -0.2) is 8.42 Å². The molecular weight excluding hydrogens is 462 g/mol. The number of nitrogens with one attached hydrogen (secondary N) is 1. The topological polar surface area (TPSA) is 86.8 Å². The summed E-state index contributed by atoms with van der Waals surface area (Å²) >= 11 is 0. The summed E-state index contributed by atoms with van der Waals surface area (Å²) in [5.74, 6) is -0.723. The lowest BCUT2D eigenvalue weighted by Crippen LogP contribution is -2.47. The van der Waals surface area contributed by atoms with Crippen LogP contribution in [0.1, 0.15) is 49.3 Å². The first-order valence-corrected chi connectivity index (χ1v) is 13.9. The van der Waals surface area contributed by atoms with E-state index >= 15 is 0 Å². The predicted molar refractivity (Wildman–Crippen MR) is 138 cm³/mol. The highest BCUT2D eigenvalue weighted by Crippen LogP contribution is 2.25. The number of hydrogen-bond acceptors (Lipinski definition) is 4. The molecule has 1 unspecified atom stereocenters. The molecule has 8 heteroatoms. The molecule has 0 heterocycles. The minimum absolute atomic E-state index is 0.176. The van der Waals surface area contributed by atoms with Crippen molar-refractivity contribution in [2.75, 3.05) is 26.4 Å². The highest BCUT2D eigenvalue weighted by atomic mass is 32.2. The molecule has 1 N–H and O–H groups in total. The van der Waals surface area contributed by atoms with Crippen molar-refractivity contribution >= 4 is 21.8 Å². The Bertz CT molecular complexity index is 1120. The second kappa shape index (κ2) is 12.7. The Labute approximate surface area is 208 Å². The van der Waals surface area contributed by atoms with Gasteiger partial charge in [-0.05, 0) is 43.2 Å². The average molecular weight is 498 g/mol. The fraction of sp³-hybridized carbons (Fsp3) is 0.407. The molecule has 1 aliphatic carbocycles. The van der Waals surface area contributed by atoms with Gasteiger partial charge in [0.2, 0.25) is 21.8 Å². The maximum absolute atomic E-state index is 13.5. The van der Waals surface area contributed by atoms with Gasteiger partial charge in [-0.3, -0.25) is 9.59 Å². The van der Waals surface area contributed by atoms with Crippen molar-refractivity contribution in [3.8, 4) is 0 Å². The molecule has 0 aliphatic heterocycles. The highest BCUT2D eigenvalue weighted by Gasteiger charge is 2.32. The highest BCUT2D eigenvalue weighted by molar-refractivity contribution is 7.88. The van der Waals surface area contributed by atoms with Gasteiger partial charge in [-0.15, -0.1) is 0 Å². The van der Waals surface area contributed by atoms with Gasteiger partial charge in [0.05, 0.1) is 12.8 Å². The van der Waals surface area contributed by atoms with E-state index in [2.05, 4.69) is 11.4 Å². The Kier molecular flexibility index (Phi) is 9.63. The number of carbonyl (C=O) groups excluding carboxylic acids is 2. The molecule has 2 amide bonds. The van der Waals surface area contributed by atoms with E-state index in [-0.39, 0.29) is 19.0 Å². The molecule has 0 saturated heterocycles. The van der Waals surface area contributed by atoms with Gasteiger partial charge in [0.1, 0.15) is 6.04 Å². The van der Waals surface area contributed by atoms with Crippen molar-refractivity contribution in [3.05, 3.63) is 83.4 Å². The Balaban J connectivity index is 1.88. The van der Waals surface area contributed by atoms with Gasteiger partial charge in [0.25, 0.3) is 0 Å². The van der Waals surface area contributed by atoms with Crippen molar-refractivity contribution in [3.63, 3.8) is 0 Å². The van der Waals surface area contributed by atoms with Gasteiger partial charge in [-0.1, -0.05) is 72.3 Å². The van der Waals surface area contributed by atoms with Gasteiger partial charge < -0.3 is 10.2 Å². The van der Waals surface area contributed by atoms with Gasteiger partial charge in [-0.2, -0.15) is 4.31 Å². The number of sulfonamides is 1. The van der Waals surface area contributed by atoms with Crippen LogP contribution in [0.2, 0.25) is 0 Å². The first-order valence-electron chi connectivity index (χ1n) is 12.0. The maximum Gasteiger partial charge on any atom is 0.247 e. The summed E-state index contributed by atoms with van der Waals surface area (Å²) in [6.45, 7) is 0.315. The van der Waals surface area contributed by atoms with E-state index in [0.29, 0.717) is 12.1 Å². The van der Waals surface area contributed by atoms with Crippen LogP contribution in [0.15, 0.2) is 72.3 Å². The SMILES string of the molecule is CN(CC(=O)N(Cc1ccccc1)C(C(=O)NCCC1=CCCCC1)c1ccccc1)S(C)(=O)=O. The average Bonchev–Trinajstić information content (AvgIpc) is 2.85. The third-order valence-corrected chi connectivity index (χ3v) is 7.51. The minimum Gasteiger partial charge on any atom is -0.354 e. The summed E-state index contributed by atoms with van der Waals surface area (Å²) in [5, 5.41) is 3.03. The molecule has 2 aromatic rings. The minimum atomic E-state index is -3.56. The van der Waals surface area contributed by atoms with E-state index in [0.717, 1.165) is 35.4 Å². The van der Waals surface area contributed by atoms with E-state index in [4.69, 9.17) is 0 Å². The van der Waals surface area contributed by atoms with Crippen LogP contribution in [0.3, 0.4) is 0 Å². The van der Waals surface area contributed by atoms with E-state index in [1.807, 2.05) is 60.7 Å². The largest absolute Gasteiger partial charge is 0.354 e. The van der Waals surface area contributed by atoms with Gasteiger partial charge in [0, 0.05) is 20.1 Å². The second-order valence-corrected chi connectivity index (χ2v) is 11.1. The number of amides is 2. The lowest BCUT2D eigenvalue weighted by Gasteiger charge is -2.32. The van der Waals surface area contributed by atoms with Crippen molar-refractivity contribution in [2.24, 2.45) is 0 Å². The van der Waals surface area contributed by atoms with Crippen LogP contribution in [0, 0.1) is 0 Å². The molecule has 188 valence electrons. The molecular formula is C27H35N3O4S. The molecule has 0 aromatic heterocycles. The molecule has 0 radical (unpaired) electrons. The number of carbonyl (C=O) groups is 2. The lowest BCUT2D eigenvalue weighted by molar-refractivity contribution is -0.141. The third-order valence-electron chi connectivity index (χ3n) is 6.25. The first kappa shape index (κ1) is 26.6. The molecule has 1 aliphatic rings. The Morgan fingerprint density at radius 2 is 1.66 bits per heavy atom. The summed E-state index contributed by atoms with van der Waals surface area (Å²) in [5.41, 5.74) is 2.89. The predicted octanol–water partition coefficient (Wildman–Crippen LogP) is 3.65. The Hall–Kier alpha value is -2.97. The molecule has 3 rings (SSSR count). The smallest absolute Gasteiger partial charge is 0.247 e. The number of nitrogens with zero attached hydrogens (tertiary/aromatic N) is 2. The van der Waals surface area contributed by atoms with E-state index < -0.39 is 22.0 Å².